The zero-order valence-electron chi connectivity index (χ0n) is 4.09. The molecule has 0 saturated heterocycles. The maximum Gasteiger partial charge on any atom is 0.123 e. The number of carbonyl (C=O) groups is 2. The van der Waals surface area contributed by atoms with E-state index in [2.05, 4.69) is 0 Å². The molecule has 0 spiro atoms. The van der Waals surface area contributed by atoms with Crippen LogP contribution in [0.2, 0.25) is 0 Å². The molecule has 0 heterocycles. The topological polar surface area (TPSA) is 34.1 Å². The van der Waals surface area contributed by atoms with Gasteiger partial charge in [-0.05, 0) is 12.8 Å². The first kappa shape index (κ1) is 6.34. The van der Waals surface area contributed by atoms with Crippen molar-refractivity contribution in [2.45, 2.75) is 12.8 Å². The predicted octanol–water partition coefficient (Wildman–Crippen LogP) is 0.410. The monoisotopic (exact) mass is 100 g/mol. The van der Waals surface area contributed by atoms with Gasteiger partial charge in [0, 0.05) is 5.92 Å². The Bertz CT molecular complexity index is 57.1. The second-order valence-corrected chi connectivity index (χ2v) is 1.47. The molecule has 40 valence electrons. The van der Waals surface area contributed by atoms with Crippen LogP contribution in [0.4, 0.5) is 0 Å². The van der Waals surface area contributed by atoms with Crippen molar-refractivity contribution in [3.8, 4) is 0 Å². The van der Waals surface area contributed by atoms with Crippen molar-refractivity contribution in [1.29, 1.82) is 0 Å². The zero-order valence-corrected chi connectivity index (χ0v) is 4.09. The van der Waals surface area contributed by atoms with Crippen molar-refractivity contribution < 1.29 is 9.59 Å². The van der Waals surface area contributed by atoms with E-state index >= 15 is 0 Å². The van der Waals surface area contributed by atoms with Gasteiger partial charge in [0.2, 0.25) is 0 Å². The Labute approximate surface area is 42.5 Å². The second-order valence-electron chi connectivity index (χ2n) is 1.47. The Morgan fingerprint density at radius 3 is 1.86 bits per heavy atom. The molecule has 0 unspecified atom stereocenters. The summed E-state index contributed by atoms with van der Waals surface area (Å²) in [5.41, 5.74) is 0. The normalized spacial score (nSPS) is 16.6. The highest BCUT2D eigenvalue weighted by Crippen LogP contribution is 2.25. The van der Waals surface area contributed by atoms with E-state index in [9.17, 15) is 4.79 Å². The molecule has 7 heavy (non-hydrogen) atoms. The Morgan fingerprint density at radius 2 is 1.86 bits per heavy atom. The molecular weight excluding hydrogens is 92.1 g/mol. The standard InChI is InChI=1S/C4H6O.CH2O/c5-3-4-1-2-4;1-2/h3-4H,1-2H2;1H2. The van der Waals surface area contributed by atoms with E-state index < -0.39 is 0 Å². The second kappa shape index (κ2) is 3.53. The number of hydrogen-bond donors (Lipinski definition) is 0. The van der Waals surface area contributed by atoms with Gasteiger partial charge in [0.05, 0.1) is 0 Å². The molecule has 0 atom stereocenters. The smallest absolute Gasteiger partial charge is 0.123 e. The summed E-state index contributed by atoms with van der Waals surface area (Å²) in [6, 6.07) is 0. The summed E-state index contributed by atoms with van der Waals surface area (Å²) in [4.78, 5) is 17.6. The lowest BCUT2D eigenvalue weighted by Gasteiger charge is -1.56. The summed E-state index contributed by atoms with van der Waals surface area (Å²) in [5.74, 6) is 0.454. The molecule has 0 amide bonds. The molecule has 0 bridgehead atoms. The van der Waals surface area contributed by atoms with Crippen molar-refractivity contribution in [3.63, 3.8) is 0 Å². The molecule has 1 aliphatic rings. The lowest BCUT2D eigenvalue weighted by Crippen LogP contribution is -1.66. The summed E-state index contributed by atoms with van der Waals surface area (Å²) >= 11 is 0. The van der Waals surface area contributed by atoms with E-state index in [1.807, 2.05) is 6.79 Å². The Hall–Kier alpha value is -0.660. The molecule has 1 aliphatic carbocycles. The quantitative estimate of drug-likeness (QED) is 0.447. The average molecular weight is 100 g/mol. The molecule has 1 rings (SSSR count). The molecule has 0 N–H and O–H groups in total. The Kier molecular flexibility index (Phi) is 3.19. The van der Waals surface area contributed by atoms with E-state index in [-0.39, 0.29) is 0 Å². The maximum absolute atomic E-state index is 9.57. The number of aldehydes is 1. The first-order valence-electron chi connectivity index (χ1n) is 2.17. The third kappa shape index (κ3) is 3.16. The molecular formula is C5H8O2. The molecule has 0 aromatic rings. The highest BCUT2D eigenvalue weighted by molar-refractivity contribution is 5.56. The number of rotatable bonds is 1. The number of carbonyl (C=O) groups excluding carboxylic acids is 2. The minimum atomic E-state index is 0.454. The van der Waals surface area contributed by atoms with Crippen molar-refractivity contribution in [2.75, 3.05) is 0 Å². The van der Waals surface area contributed by atoms with Gasteiger partial charge < -0.3 is 9.59 Å². The van der Waals surface area contributed by atoms with Crippen molar-refractivity contribution in [1.82, 2.24) is 0 Å². The highest BCUT2D eigenvalue weighted by Gasteiger charge is 2.18. The summed E-state index contributed by atoms with van der Waals surface area (Å²) in [7, 11) is 0. The summed E-state index contributed by atoms with van der Waals surface area (Å²) in [6.45, 7) is 2.00. The van der Waals surface area contributed by atoms with Crippen LogP contribution in [0.1, 0.15) is 12.8 Å². The van der Waals surface area contributed by atoms with Gasteiger partial charge in [-0.2, -0.15) is 0 Å². The first-order chi connectivity index (χ1) is 3.43. The van der Waals surface area contributed by atoms with Crippen LogP contribution in [0.25, 0.3) is 0 Å². The minimum Gasteiger partial charge on any atom is -0.307 e. The van der Waals surface area contributed by atoms with Crippen LogP contribution in [0.5, 0.6) is 0 Å². The van der Waals surface area contributed by atoms with Crippen LogP contribution in [-0.4, -0.2) is 13.1 Å². The van der Waals surface area contributed by atoms with Gasteiger partial charge in [-0.3, -0.25) is 0 Å². The van der Waals surface area contributed by atoms with E-state index in [4.69, 9.17) is 4.79 Å². The van der Waals surface area contributed by atoms with Crippen molar-refractivity contribution in [2.24, 2.45) is 5.92 Å². The van der Waals surface area contributed by atoms with Crippen molar-refractivity contribution >= 4 is 13.1 Å². The predicted molar refractivity (Wildman–Crippen MR) is 25.9 cm³/mol. The van der Waals surface area contributed by atoms with Gasteiger partial charge in [-0.1, -0.05) is 0 Å². The van der Waals surface area contributed by atoms with Crippen LogP contribution in [0.3, 0.4) is 0 Å². The van der Waals surface area contributed by atoms with Crippen LogP contribution >= 0.6 is 0 Å². The summed E-state index contributed by atoms with van der Waals surface area (Å²) in [6.07, 6.45) is 3.31. The Morgan fingerprint density at radius 1 is 1.43 bits per heavy atom. The third-order valence-electron chi connectivity index (χ3n) is 0.814. The Balaban J connectivity index is 0.000000162. The first-order valence-corrected chi connectivity index (χ1v) is 2.17. The van der Waals surface area contributed by atoms with Gasteiger partial charge in [0.25, 0.3) is 0 Å². The molecule has 1 saturated carbocycles. The van der Waals surface area contributed by atoms with Crippen LogP contribution in [-0.2, 0) is 9.59 Å². The molecule has 2 heteroatoms. The highest BCUT2D eigenvalue weighted by atomic mass is 16.1. The van der Waals surface area contributed by atoms with E-state index in [0.717, 1.165) is 19.1 Å². The van der Waals surface area contributed by atoms with Gasteiger partial charge in [-0.25, -0.2) is 0 Å². The van der Waals surface area contributed by atoms with Crippen LogP contribution in [0, 0.1) is 5.92 Å². The van der Waals surface area contributed by atoms with E-state index in [0.29, 0.717) is 5.92 Å². The largest absolute Gasteiger partial charge is 0.307 e. The fraction of sp³-hybridized carbons (Fsp3) is 0.600. The fourth-order valence-corrected chi connectivity index (χ4v) is 0.232. The van der Waals surface area contributed by atoms with Crippen molar-refractivity contribution in [3.05, 3.63) is 0 Å². The maximum atomic E-state index is 9.57. The van der Waals surface area contributed by atoms with Gasteiger partial charge in [0.15, 0.2) is 0 Å². The molecule has 0 aromatic carbocycles. The third-order valence-corrected chi connectivity index (χ3v) is 0.814. The molecule has 2 nitrogen and oxygen atoms in total. The van der Waals surface area contributed by atoms with Crippen LogP contribution < -0.4 is 0 Å². The average Bonchev–Trinajstić information content (AvgIpc) is 2.52. The number of hydrogen-bond acceptors (Lipinski definition) is 2. The van der Waals surface area contributed by atoms with Gasteiger partial charge >= 0.3 is 0 Å². The summed E-state index contributed by atoms with van der Waals surface area (Å²) < 4.78 is 0. The fourth-order valence-electron chi connectivity index (χ4n) is 0.232. The minimum absolute atomic E-state index is 0.454. The van der Waals surface area contributed by atoms with E-state index in [1.54, 1.807) is 0 Å². The van der Waals surface area contributed by atoms with Gasteiger partial charge in [0.1, 0.15) is 13.1 Å². The van der Waals surface area contributed by atoms with Crippen LogP contribution in [0.15, 0.2) is 0 Å². The lowest BCUT2D eigenvalue weighted by molar-refractivity contribution is -0.108. The molecule has 0 aromatic heterocycles. The SMILES string of the molecule is C=O.O=CC1CC1. The molecule has 1 fully saturated rings. The van der Waals surface area contributed by atoms with Gasteiger partial charge in [-0.15, -0.1) is 0 Å². The zero-order chi connectivity index (χ0) is 5.70. The van der Waals surface area contributed by atoms with E-state index in [1.165, 1.54) is 0 Å². The summed E-state index contributed by atoms with van der Waals surface area (Å²) in [5, 5.41) is 0. The lowest BCUT2D eigenvalue weighted by atomic mass is 10.5. The molecule has 0 radical (unpaired) electrons. The molecule has 0 aliphatic heterocycles.